The van der Waals surface area contributed by atoms with Crippen molar-refractivity contribution in [3.63, 3.8) is 0 Å². The van der Waals surface area contributed by atoms with Crippen LogP contribution in [0.5, 0.6) is 11.5 Å². The van der Waals surface area contributed by atoms with Gasteiger partial charge in [0.05, 0.1) is 0 Å². The van der Waals surface area contributed by atoms with Crippen molar-refractivity contribution in [3.8, 4) is 11.5 Å². The van der Waals surface area contributed by atoms with Crippen molar-refractivity contribution in [2.45, 2.75) is 118 Å². The van der Waals surface area contributed by atoms with Gasteiger partial charge in [-0.2, -0.15) is 0 Å². The molecule has 2 N–H and O–H groups in total. The van der Waals surface area contributed by atoms with Crippen molar-refractivity contribution in [1.29, 1.82) is 0 Å². The molecule has 0 saturated carbocycles. The lowest BCUT2D eigenvalue weighted by Gasteiger charge is -2.36. The molecule has 0 aromatic heterocycles. The van der Waals surface area contributed by atoms with Gasteiger partial charge in [0.25, 0.3) is 0 Å². The molecule has 2 aromatic rings. The van der Waals surface area contributed by atoms with E-state index in [1.165, 1.54) is 22.3 Å². The molecule has 0 heterocycles. The highest BCUT2D eigenvalue weighted by Crippen LogP contribution is 2.51. The molecule has 2 aromatic carbocycles. The Kier molecular flexibility index (Phi) is 7.85. The van der Waals surface area contributed by atoms with E-state index in [1.54, 1.807) is 0 Å². The van der Waals surface area contributed by atoms with E-state index in [-0.39, 0.29) is 16.7 Å². The molecule has 3 rings (SSSR count). The summed E-state index contributed by atoms with van der Waals surface area (Å²) in [6, 6.07) is 8.78. The summed E-state index contributed by atoms with van der Waals surface area (Å²) in [5, 5.41) is 23.6. The predicted octanol–water partition coefficient (Wildman–Crippen LogP) is 9.09. The zero-order chi connectivity index (χ0) is 26.3. The van der Waals surface area contributed by atoms with Gasteiger partial charge in [-0.3, -0.25) is 0 Å². The Morgan fingerprint density at radius 2 is 1.17 bits per heavy atom. The largest absolute Gasteiger partial charge is 0.507 e. The minimum absolute atomic E-state index is 0.0572. The van der Waals surface area contributed by atoms with E-state index in [4.69, 9.17) is 0 Å². The maximum Gasteiger partial charge on any atom is 0.123 e. The van der Waals surface area contributed by atoms with Gasteiger partial charge >= 0.3 is 0 Å². The molecule has 0 amide bonds. The lowest BCUT2D eigenvalue weighted by atomic mass is 9.69. The Morgan fingerprint density at radius 1 is 0.743 bits per heavy atom. The van der Waals surface area contributed by atoms with Crippen LogP contribution in [0, 0.1) is 5.92 Å². The van der Waals surface area contributed by atoms with Crippen molar-refractivity contribution in [2.24, 2.45) is 5.92 Å². The fourth-order valence-electron chi connectivity index (χ4n) is 5.71. The topological polar surface area (TPSA) is 40.5 Å². The first kappa shape index (κ1) is 27.4. The fraction of sp³-hybridized carbons (Fsp3) is 0.576. The molecule has 1 aliphatic rings. The first-order valence-corrected chi connectivity index (χ1v) is 13.6. The second kappa shape index (κ2) is 10.0. The normalized spacial score (nSPS) is 17.4. The van der Waals surface area contributed by atoms with Gasteiger partial charge < -0.3 is 10.2 Å². The van der Waals surface area contributed by atoms with Crippen LogP contribution in [-0.4, -0.2) is 10.2 Å². The zero-order valence-electron chi connectivity index (χ0n) is 23.9. The second-order valence-corrected chi connectivity index (χ2v) is 12.9. The number of aryl methyl sites for hydroxylation is 2. The zero-order valence-corrected chi connectivity index (χ0v) is 23.9. The van der Waals surface area contributed by atoms with Crippen molar-refractivity contribution in [2.75, 3.05) is 0 Å². The standard InChI is InChI=1S/C33H48O2/c1-11-22-16-25(30(34)27(18-22)32(5,6)7)29(24-14-13-20(3)21(4)15-24)26-17-23(12-2)19-28(31(26)35)33(8,9)10/h16-19,24,29,34-35H,11-15H2,1-10H3. The van der Waals surface area contributed by atoms with E-state index in [9.17, 15) is 10.2 Å². The third-order valence-electron chi connectivity index (χ3n) is 8.16. The summed E-state index contributed by atoms with van der Waals surface area (Å²) >= 11 is 0. The number of rotatable bonds is 5. The Hall–Kier alpha value is -2.22. The Labute approximate surface area is 214 Å². The minimum atomic E-state index is -0.169. The van der Waals surface area contributed by atoms with E-state index in [0.717, 1.165) is 54.4 Å². The van der Waals surface area contributed by atoms with E-state index in [1.807, 2.05) is 0 Å². The van der Waals surface area contributed by atoms with Gasteiger partial charge in [-0.1, -0.05) is 90.8 Å². The summed E-state index contributed by atoms with van der Waals surface area (Å²) in [5.74, 6) is 1.08. The first-order chi connectivity index (χ1) is 16.2. The van der Waals surface area contributed by atoms with Gasteiger partial charge in [0.15, 0.2) is 0 Å². The molecule has 35 heavy (non-hydrogen) atoms. The van der Waals surface area contributed by atoms with Crippen LogP contribution in [0.15, 0.2) is 35.4 Å². The predicted molar refractivity (Wildman–Crippen MR) is 150 cm³/mol. The third-order valence-corrected chi connectivity index (χ3v) is 8.16. The maximum atomic E-state index is 11.8. The Balaban J connectivity index is 2.38. The van der Waals surface area contributed by atoms with Crippen LogP contribution in [-0.2, 0) is 23.7 Å². The molecule has 192 valence electrons. The summed E-state index contributed by atoms with van der Waals surface area (Å²) in [4.78, 5) is 0. The lowest BCUT2D eigenvalue weighted by molar-refractivity contribution is 0.371. The van der Waals surface area contributed by atoms with Crippen LogP contribution in [0.2, 0.25) is 0 Å². The fourth-order valence-corrected chi connectivity index (χ4v) is 5.71. The highest BCUT2D eigenvalue weighted by molar-refractivity contribution is 5.57. The van der Waals surface area contributed by atoms with E-state index >= 15 is 0 Å². The molecule has 1 aliphatic carbocycles. The van der Waals surface area contributed by atoms with Gasteiger partial charge in [-0.25, -0.2) is 0 Å². The Bertz CT molecular complexity index is 1030. The smallest absolute Gasteiger partial charge is 0.123 e. The number of phenolic OH excluding ortho intramolecular Hbond substituents is 2. The van der Waals surface area contributed by atoms with Gasteiger partial charge in [-0.15, -0.1) is 0 Å². The minimum Gasteiger partial charge on any atom is -0.507 e. The number of phenols is 2. The number of allylic oxidation sites excluding steroid dienone is 2. The van der Waals surface area contributed by atoms with Gasteiger partial charge in [-0.05, 0) is 85.0 Å². The monoisotopic (exact) mass is 476 g/mol. The summed E-state index contributed by atoms with van der Waals surface area (Å²) in [7, 11) is 0. The first-order valence-electron chi connectivity index (χ1n) is 13.6. The van der Waals surface area contributed by atoms with Gasteiger partial charge in [0.1, 0.15) is 11.5 Å². The van der Waals surface area contributed by atoms with E-state index in [0.29, 0.717) is 17.4 Å². The average Bonchev–Trinajstić information content (AvgIpc) is 2.76. The van der Waals surface area contributed by atoms with Crippen LogP contribution in [0.1, 0.15) is 128 Å². The molecular formula is C33H48O2. The number of aromatic hydroxyl groups is 2. The molecule has 0 bridgehead atoms. The summed E-state index contributed by atoms with van der Waals surface area (Å²) < 4.78 is 0. The molecule has 2 nitrogen and oxygen atoms in total. The molecule has 0 aliphatic heterocycles. The Morgan fingerprint density at radius 3 is 1.51 bits per heavy atom. The molecule has 2 heteroatoms. The van der Waals surface area contributed by atoms with Crippen molar-refractivity contribution < 1.29 is 10.2 Å². The van der Waals surface area contributed by atoms with Crippen LogP contribution >= 0.6 is 0 Å². The van der Waals surface area contributed by atoms with Crippen LogP contribution in [0.4, 0.5) is 0 Å². The molecule has 0 saturated heterocycles. The number of hydrogen-bond donors (Lipinski definition) is 2. The quantitative estimate of drug-likeness (QED) is 0.422. The third kappa shape index (κ3) is 5.63. The number of benzene rings is 2. The van der Waals surface area contributed by atoms with Crippen LogP contribution in [0.3, 0.4) is 0 Å². The summed E-state index contributed by atoms with van der Waals surface area (Å²) in [6.45, 7) is 21.9. The maximum absolute atomic E-state index is 11.8. The van der Waals surface area contributed by atoms with Crippen molar-refractivity contribution in [3.05, 3.63) is 68.8 Å². The molecule has 0 radical (unpaired) electrons. The molecule has 1 atom stereocenters. The highest BCUT2D eigenvalue weighted by Gasteiger charge is 2.35. The SMILES string of the molecule is CCc1cc(C(c2cc(CC)cc(C(C)(C)C)c2O)C2CCC(C)=C(C)C2)c(O)c(C(C)(C)C)c1. The molecule has 0 fully saturated rings. The van der Waals surface area contributed by atoms with E-state index in [2.05, 4.69) is 93.5 Å². The number of hydrogen-bond acceptors (Lipinski definition) is 2. The average molecular weight is 477 g/mol. The van der Waals surface area contributed by atoms with Gasteiger partial charge in [0.2, 0.25) is 0 Å². The summed E-state index contributed by atoms with van der Waals surface area (Å²) in [6.07, 6.45) is 4.97. The van der Waals surface area contributed by atoms with Gasteiger partial charge in [0, 0.05) is 17.0 Å². The lowest BCUT2D eigenvalue weighted by Crippen LogP contribution is -2.22. The van der Waals surface area contributed by atoms with E-state index < -0.39 is 0 Å². The van der Waals surface area contributed by atoms with Crippen molar-refractivity contribution in [1.82, 2.24) is 0 Å². The second-order valence-electron chi connectivity index (χ2n) is 12.9. The molecule has 0 spiro atoms. The van der Waals surface area contributed by atoms with Crippen molar-refractivity contribution >= 4 is 0 Å². The summed E-state index contributed by atoms with van der Waals surface area (Å²) in [5.41, 5.74) is 9.05. The highest BCUT2D eigenvalue weighted by atomic mass is 16.3. The molecular weight excluding hydrogens is 428 g/mol. The van der Waals surface area contributed by atoms with Crippen LogP contribution < -0.4 is 0 Å². The van der Waals surface area contributed by atoms with Crippen LogP contribution in [0.25, 0.3) is 0 Å². The molecule has 1 unspecified atom stereocenters.